The van der Waals surface area contributed by atoms with Crippen LogP contribution in [-0.2, 0) is 0 Å². The number of fused-ring (bicyclic) bond motifs is 1. The van der Waals surface area contributed by atoms with Crippen LogP contribution in [0.2, 0.25) is 0 Å². The third-order valence-corrected chi connectivity index (χ3v) is 4.95. The Balaban J connectivity index is 1.84. The van der Waals surface area contributed by atoms with E-state index < -0.39 is 5.60 Å². The second kappa shape index (κ2) is 6.47. The maximum atomic E-state index is 10.6. The summed E-state index contributed by atoms with van der Waals surface area (Å²) in [5, 5.41) is 21.2. The number of aromatic nitrogens is 1. The molecule has 1 aliphatic heterocycles. The van der Waals surface area contributed by atoms with Gasteiger partial charge in [-0.2, -0.15) is 0 Å². The van der Waals surface area contributed by atoms with Crippen LogP contribution in [0.3, 0.4) is 0 Å². The first-order valence-electron chi connectivity index (χ1n) is 8.72. The summed E-state index contributed by atoms with van der Waals surface area (Å²) in [6.07, 6.45) is 1.49. The van der Waals surface area contributed by atoms with Crippen molar-refractivity contribution >= 4 is 16.6 Å². The second-order valence-electron chi connectivity index (χ2n) is 6.82. The average molecular weight is 334 g/mol. The molecule has 0 amide bonds. The lowest BCUT2D eigenvalue weighted by Gasteiger charge is -2.39. The van der Waals surface area contributed by atoms with E-state index in [-0.39, 0.29) is 6.61 Å². The topological polar surface area (TPSA) is 56.6 Å². The van der Waals surface area contributed by atoms with Crippen LogP contribution in [-0.4, -0.2) is 40.5 Å². The molecule has 1 unspecified atom stereocenters. The molecule has 4 heteroatoms. The Hall–Kier alpha value is -2.43. The quantitative estimate of drug-likeness (QED) is 0.772. The molecule has 0 bridgehead atoms. The average Bonchev–Trinajstić information content (AvgIpc) is 2.68. The highest BCUT2D eigenvalue weighted by molar-refractivity contribution is 5.94. The van der Waals surface area contributed by atoms with Crippen LogP contribution in [0.15, 0.2) is 60.7 Å². The van der Waals surface area contributed by atoms with E-state index in [1.807, 2.05) is 36.4 Å². The summed E-state index contributed by atoms with van der Waals surface area (Å²) in [5.74, 6) is 0. The lowest BCUT2D eigenvalue weighted by molar-refractivity contribution is -0.0240. The largest absolute Gasteiger partial charge is 0.393 e. The number of hydrogen-bond donors (Lipinski definition) is 2. The van der Waals surface area contributed by atoms with Crippen molar-refractivity contribution < 1.29 is 10.2 Å². The zero-order valence-corrected chi connectivity index (χ0v) is 14.1. The molecule has 4 nitrogen and oxygen atoms in total. The molecule has 3 aromatic rings. The van der Waals surface area contributed by atoms with E-state index in [4.69, 9.17) is 4.98 Å². The number of pyridine rings is 1. The van der Waals surface area contributed by atoms with Gasteiger partial charge in [-0.3, -0.25) is 0 Å². The smallest absolute Gasteiger partial charge is 0.105 e. The van der Waals surface area contributed by atoms with Gasteiger partial charge in [0.1, 0.15) is 5.60 Å². The zero-order chi connectivity index (χ0) is 17.3. The van der Waals surface area contributed by atoms with Crippen molar-refractivity contribution in [3.63, 3.8) is 0 Å². The summed E-state index contributed by atoms with van der Waals surface area (Å²) < 4.78 is 0. The van der Waals surface area contributed by atoms with Gasteiger partial charge in [0.2, 0.25) is 0 Å². The fourth-order valence-corrected chi connectivity index (χ4v) is 3.62. The summed E-state index contributed by atoms with van der Waals surface area (Å²) in [5.41, 5.74) is 2.97. The predicted molar refractivity (Wildman–Crippen MR) is 101 cm³/mol. The van der Waals surface area contributed by atoms with Gasteiger partial charge in [-0.25, -0.2) is 4.98 Å². The van der Waals surface area contributed by atoms with Crippen molar-refractivity contribution in [3.8, 4) is 11.3 Å². The lowest BCUT2D eigenvalue weighted by atomic mass is 9.93. The highest BCUT2D eigenvalue weighted by Gasteiger charge is 2.33. The fourth-order valence-electron chi connectivity index (χ4n) is 3.62. The Morgan fingerprint density at radius 3 is 2.60 bits per heavy atom. The second-order valence-corrected chi connectivity index (χ2v) is 6.82. The maximum Gasteiger partial charge on any atom is 0.105 e. The summed E-state index contributed by atoms with van der Waals surface area (Å²) in [6.45, 7) is 1.09. The molecular weight excluding hydrogens is 312 g/mol. The normalized spacial score (nSPS) is 20.8. The molecule has 128 valence electrons. The van der Waals surface area contributed by atoms with Crippen molar-refractivity contribution in [1.29, 1.82) is 0 Å². The van der Waals surface area contributed by atoms with Gasteiger partial charge in [0.25, 0.3) is 0 Å². The van der Waals surface area contributed by atoms with E-state index in [1.165, 1.54) is 0 Å². The molecule has 2 heterocycles. The molecular formula is C21H22N2O2. The Labute approximate surface area is 147 Å². The van der Waals surface area contributed by atoms with Gasteiger partial charge in [-0.1, -0.05) is 48.5 Å². The van der Waals surface area contributed by atoms with Crippen LogP contribution in [0, 0.1) is 0 Å². The standard InChI is InChI=1S/C21H22N2O2/c24-15-21(25)11-6-12-23(14-21)20-13-19(16-7-2-1-3-8-16)22-18-10-5-4-9-17(18)20/h1-5,7-10,13,24-25H,6,11-12,14-15H2. The number of β-amino-alcohol motifs (C(OH)–C–C–N with tert-alkyl or cyclic N) is 1. The summed E-state index contributed by atoms with van der Waals surface area (Å²) in [6, 6.07) is 20.3. The van der Waals surface area contributed by atoms with Crippen molar-refractivity contribution in [1.82, 2.24) is 4.98 Å². The maximum absolute atomic E-state index is 10.6. The van der Waals surface area contributed by atoms with Gasteiger partial charge in [-0.05, 0) is 25.0 Å². The zero-order valence-electron chi connectivity index (χ0n) is 14.1. The molecule has 4 rings (SSSR count). The number of hydrogen-bond acceptors (Lipinski definition) is 4. The number of benzene rings is 2. The SMILES string of the molecule is OCC1(O)CCCN(c2cc(-c3ccccc3)nc3ccccc23)C1. The first-order valence-corrected chi connectivity index (χ1v) is 8.72. The van der Waals surface area contributed by atoms with E-state index in [9.17, 15) is 10.2 Å². The number of rotatable bonds is 3. The van der Waals surface area contributed by atoms with Gasteiger partial charge in [0, 0.05) is 29.7 Å². The molecule has 25 heavy (non-hydrogen) atoms. The van der Waals surface area contributed by atoms with Crippen LogP contribution < -0.4 is 4.90 Å². The molecule has 0 radical (unpaired) electrons. The van der Waals surface area contributed by atoms with E-state index >= 15 is 0 Å². The monoisotopic (exact) mass is 334 g/mol. The third kappa shape index (κ3) is 3.11. The van der Waals surface area contributed by atoms with Crippen LogP contribution >= 0.6 is 0 Å². The molecule has 0 spiro atoms. The van der Waals surface area contributed by atoms with Crippen LogP contribution in [0.5, 0.6) is 0 Å². The summed E-state index contributed by atoms with van der Waals surface area (Å²) in [7, 11) is 0. The molecule has 1 saturated heterocycles. The Morgan fingerprint density at radius 2 is 1.80 bits per heavy atom. The van der Waals surface area contributed by atoms with E-state index in [1.54, 1.807) is 0 Å². The minimum Gasteiger partial charge on any atom is -0.393 e. The third-order valence-electron chi connectivity index (χ3n) is 4.95. The number of piperidine rings is 1. The predicted octanol–water partition coefficient (Wildman–Crippen LogP) is 3.23. The van der Waals surface area contributed by atoms with Gasteiger partial charge in [0.05, 0.1) is 17.8 Å². The molecule has 2 N–H and O–H groups in total. The van der Waals surface area contributed by atoms with Gasteiger partial charge in [0.15, 0.2) is 0 Å². The van der Waals surface area contributed by atoms with Crippen LogP contribution in [0.25, 0.3) is 22.2 Å². The van der Waals surface area contributed by atoms with Crippen LogP contribution in [0.4, 0.5) is 5.69 Å². The van der Waals surface area contributed by atoms with Crippen molar-refractivity contribution in [3.05, 3.63) is 60.7 Å². The van der Waals surface area contributed by atoms with Crippen molar-refractivity contribution in [2.45, 2.75) is 18.4 Å². The summed E-state index contributed by atoms with van der Waals surface area (Å²) >= 11 is 0. The highest BCUT2D eigenvalue weighted by Crippen LogP contribution is 2.34. The van der Waals surface area contributed by atoms with E-state index in [0.717, 1.165) is 40.8 Å². The minimum absolute atomic E-state index is 0.210. The molecule has 1 aromatic heterocycles. The molecule has 1 atom stereocenters. The van der Waals surface area contributed by atoms with E-state index in [2.05, 4.69) is 29.2 Å². The van der Waals surface area contributed by atoms with Gasteiger partial charge < -0.3 is 15.1 Å². The Bertz CT molecular complexity index is 881. The highest BCUT2D eigenvalue weighted by atomic mass is 16.3. The van der Waals surface area contributed by atoms with Crippen molar-refractivity contribution in [2.24, 2.45) is 0 Å². The molecule has 1 fully saturated rings. The van der Waals surface area contributed by atoms with Crippen molar-refractivity contribution in [2.75, 3.05) is 24.6 Å². The summed E-state index contributed by atoms with van der Waals surface area (Å²) in [4.78, 5) is 7.00. The molecule has 1 aliphatic rings. The number of nitrogens with zero attached hydrogens (tertiary/aromatic N) is 2. The number of para-hydroxylation sites is 1. The molecule has 0 saturated carbocycles. The minimum atomic E-state index is -1.03. The lowest BCUT2D eigenvalue weighted by Crippen LogP contribution is -2.50. The number of aliphatic hydroxyl groups excluding tert-OH is 1. The Kier molecular flexibility index (Phi) is 4.15. The van der Waals surface area contributed by atoms with Gasteiger partial charge in [-0.15, -0.1) is 0 Å². The van der Waals surface area contributed by atoms with E-state index in [0.29, 0.717) is 13.0 Å². The Morgan fingerprint density at radius 1 is 1.04 bits per heavy atom. The fraction of sp³-hybridized carbons (Fsp3) is 0.286. The first kappa shape index (κ1) is 16.1. The molecule has 0 aliphatic carbocycles. The van der Waals surface area contributed by atoms with Crippen LogP contribution in [0.1, 0.15) is 12.8 Å². The number of anilines is 1. The van der Waals surface area contributed by atoms with Gasteiger partial charge >= 0.3 is 0 Å². The number of aliphatic hydroxyl groups is 2. The first-order chi connectivity index (χ1) is 12.2. The molecule has 2 aromatic carbocycles.